The Balaban J connectivity index is 2.03. The molecule has 0 fully saturated rings. The zero-order valence-electron chi connectivity index (χ0n) is 13.6. The van der Waals surface area contributed by atoms with Crippen LogP contribution >= 0.6 is 15.9 Å². The van der Waals surface area contributed by atoms with Crippen molar-refractivity contribution in [3.8, 4) is 5.69 Å². The Morgan fingerprint density at radius 3 is 2.65 bits per heavy atom. The summed E-state index contributed by atoms with van der Waals surface area (Å²) in [5, 5.41) is 21.2. The molecule has 0 saturated carbocycles. The second kappa shape index (κ2) is 7.36. The summed E-state index contributed by atoms with van der Waals surface area (Å²) < 4.78 is 2.24. The van der Waals surface area contributed by atoms with Gasteiger partial charge in [0.2, 0.25) is 5.91 Å². The molecule has 0 bridgehead atoms. The average Bonchev–Trinajstić information content (AvgIpc) is 3.10. The van der Waals surface area contributed by atoms with Gasteiger partial charge in [0, 0.05) is 41.2 Å². The van der Waals surface area contributed by atoms with Crippen molar-refractivity contribution < 1.29 is 9.72 Å². The van der Waals surface area contributed by atoms with Crippen LogP contribution in [0.2, 0.25) is 0 Å². The van der Waals surface area contributed by atoms with Gasteiger partial charge in [0.15, 0.2) is 0 Å². The van der Waals surface area contributed by atoms with Crippen LogP contribution in [0.1, 0.15) is 6.92 Å². The maximum Gasteiger partial charge on any atom is 0.293 e. The summed E-state index contributed by atoms with van der Waals surface area (Å²) in [6.45, 7) is 1.41. The minimum atomic E-state index is -0.459. The number of anilines is 3. The zero-order valence-corrected chi connectivity index (χ0v) is 15.2. The molecular formula is C17H14BrN5O3. The van der Waals surface area contributed by atoms with Crippen LogP contribution in [0.3, 0.4) is 0 Å². The van der Waals surface area contributed by atoms with Crippen molar-refractivity contribution in [3.63, 3.8) is 0 Å². The van der Waals surface area contributed by atoms with Gasteiger partial charge < -0.3 is 10.6 Å². The highest BCUT2D eigenvalue weighted by molar-refractivity contribution is 9.10. The van der Waals surface area contributed by atoms with Gasteiger partial charge in [-0.2, -0.15) is 5.10 Å². The van der Waals surface area contributed by atoms with Crippen LogP contribution in [0, 0.1) is 10.1 Å². The van der Waals surface area contributed by atoms with Gasteiger partial charge in [-0.3, -0.25) is 14.9 Å². The number of nitrogens with zero attached hydrogens (tertiary/aromatic N) is 3. The number of halogens is 1. The van der Waals surface area contributed by atoms with E-state index in [1.54, 1.807) is 53.5 Å². The van der Waals surface area contributed by atoms with E-state index >= 15 is 0 Å². The summed E-state index contributed by atoms with van der Waals surface area (Å²) in [7, 11) is 0. The van der Waals surface area contributed by atoms with Crippen LogP contribution in [-0.4, -0.2) is 20.6 Å². The third kappa shape index (κ3) is 4.06. The lowest BCUT2D eigenvalue weighted by Gasteiger charge is -2.12. The minimum absolute atomic E-state index is 0.0649. The van der Waals surface area contributed by atoms with E-state index in [0.29, 0.717) is 27.2 Å². The summed E-state index contributed by atoms with van der Waals surface area (Å²) in [4.78, 5) is 22.3. The largest absolute Gasteiger partial charge is 0.350 e. The molecule has 0 aliphatic carbocycles. The van der Waals surface area contributed by atoms with E-state index in [1.807, 2.05) is 0 Å². The molecule has 0 radical (unpaired) electrons. The number of benzene rings is 2. The molecule has 26 heavy (non-hydrogen) atoms. The molecule has 0 spiro atoms. The van der Waals surface area contributed by atoms with Crippen LogP contribution in [0.25, 0.3) is 5.69 Å². The fraction of sp³-hybridized carbons (Fsp3) is 0.0588. The average molecular weight is 416 g/mol. The maximum atomic E-state index is 11.4. The van der Waals surface area contributed by atoms with Gasteiger partial charge >= 0.3 is 0 Å². The molecule has 8 nitrogen and oxygen atoms in total. The number of aromatic nitrogens is 2. The molecular weight excluding hydrogens is 402 g/mol. The predicted octanol–water partition coefficient (Wildman–Crippen LogP) is 4.25. The summed E-state index contributed by atoms with van der Waals surface area (Å²) >= 11 is 3.24. The van der Waals surface area contributed by atoms with Crippen LogP contribution in [0.5, 0.6) is 0 Å². The molecule has 0 unspecified atom stereocenters. The van der Waals surface area contributed by atoms with Crippen LogP contribution < -0.4 is 10.6 Å². The molecule has 2 N–H and O–H groups in total. The Bertz CT molecular complexity index is 973. The van der Waals surface area contributed by atoms with Gasteiger partial charge in [-0.1, -0.05) is 15.9 Å². The highest BCUT2D eigenvalue weighted by atomic mass is 79.9. The second-order valence-electron chi connectivity index (χ2n) is 5.44. The smallest absolute Gasteiger partial charge is 0.293 e. The number of nitro groups is 1. The Kier molecular flexibility index (Phi) is 4.99. The highest BCUT2D eigenvalue weighted by Crippen LogP contribution is 2.32. The standard InChI is InChI=1S/C17H14BrN5O3/c1-11(24)20-13-8-14(10-15(9-13)22-6-2-5-19-22)21-16-4-3-12(18)7-17(16)23(25)26/h2-10,21H,1H3,(H,20,24). The molecule has 3 aromatic rings. The molecule has 0 aliphatic heterocycles. The Hall–Kier alpha value is -3.20. The number of nitrogens with one attached hydrogen (secondary N) is 2. The molecule has 3 rings (SSSR count). The summed E-state index contributed by atoms with van der Waals surface area (Å²) in [5.41, 5.74) is 2.10. The lowest BCUT2D eigenvalue weighted by atomic mass is 10.2. The van der Waals surface area contributed by atoms with Crippen molar-refractivity contribution >= 4 is 44.6 Å². The normalized spacial score (nSPS) is 10.4. The Morgan fingerprint density at radius 2 is 2.00 bits per heavy atom. The predicted molar refractivity (Wildman–Crippen MR) is 102 cm³/mol. The first-order valence-electron chi connectivity index (χ1n) is 7.56. The number of carbonyl (C=O) groups is 1. The summed E-state index contributed by atoms with van der Waals surface area (Å²) in [6.07, 6.45) is 3.40. The molecule has 0 aliphatic rings. The maximum absolute atomic E-state index is 11.4. The lowest BCUT2D eigenvalue weighted by Crippen LogP contribution is -2.07. The molecule has 9 heteroatoms. The molecule has 0 atom stereocenters. The molecule has 1 aromatic heterocycles. The SMILES string of the molecule is CC(=O)Nc1cc(Nc2ccc(Br)cc2[N+](=O)[O-])cc(-n2cccn2)c1. The van der Waals surface area contributed by atoms with E-state index in [4.69, 9.17) is 0 Å². The van der Waals surface area contributed by atoms with Crippen molar-refractivity contribution in [2.45, 2.75) is 6.92 Å². The monoisotopic (exact) mass is 415 g/mol. The number of hydrogen-bond acceptors (Lipinski definition) is 5. The van der Waals surface area contributed by atoms with Gasteiger partial charge in [-0.15, -0.1) is 0 Å². The van der Waals surface area contributed by atoms with Crippen molar-refractivity contribution in [1.29, 1.82) is 0 Å². The van der Waals surface area contributed by atoms with Crippen LogP contribution in [0.15, 0.2) is 59.3 Å². The van der Waals surface area contributed by atoms with Crippen molar-refractivity contribution in [1.82, 2.24) is 9.78 Å². The molecule has 2 aromatic carbocycles. The van der Waals surface area contributed by atoms with E-state index in [0.717, 1.165) is 0 Å². The number of carbonyl (C=O) groups excluding carboxylic acids is 1. The summed E-state index contributed by atoms with van der Waals surface area (Å²) in [6, 6.07) is 11.8. The fourth-order valence-corrected chi connectivity index (χ4v) is 2.78. The Labute approximate surface area is 157 Å². The molecule has 0 saturated heterocycles. The van der Waals surface area contributed by atoms with E-state index in [9.17, 15) is 14.9 Å². The van der Waals surface area contributed by atoms with Gasteiger partial charge in [-0.05, 0) is 36.4 Å². The third-order valence-electron chi connectivity index (χ3n) is 3.44. The topological polar surface area (TPSA) is 102 Å². The van der Waals surface area contributed by atoms with Crippen molar-refractivity contribution in [3.05, 3.63) is 69.4 Å². The first-order valence-corrected chi connectivity index (χ1v) is 8.35. The Morgan fingerprint density at radius 1 is 1.23 bits per heavy atom. The number of amides is 1. The third-order valence-corrected chi connectivity index (χ3v) is 3.94. The van der Waals surface area contributed by atoms with E-state index in [1.165, 1.54) is 13.0 Å². The van der Waals surface area contributed by atoms with Gasteiger partial charge in [0.05, 0.1) is 10.6 Å². The number of nitro benzene ring substituents is 1. The highest BCUT2D eigenvalue weighted by Gasteiger charge is 2.15. The van der Waals surface area contributed by atoms with E-state index in [-0.39, 0.29) is 11.6 Å². The molecule has 1 heterocycles. The van der Waals surface area contributed by atoms with E-state index in [2.05, 4.69) is 31.7 Å². The fourth-order valence-electron chi connectivity index (χ4n) is 2.43. The van der Waals surface area contributed by atoms with E-state index < -0.39 is 4.92 Å². The second-order valence-corrected chi connectivity index (χ2v) is 6.36. The lowest BCUT2D eigenvalue weighted by molar-refractivity contribution is -0.384. The van der Waals surface area contributed by atoms with Crippen LogP contribution in [-0.2, 0) is 4.79 Å². The summed E-state index contributed by atoms with van der Waals surface area (Å²) in [5.74, 6) is -0.219. The number of rotatable bonds is 5. The first-order chi connectivity index (χ1) is 12.4. The van der Waals surface area contributed by atoms with Gasteiger partial charge in [-0.25, -0.2) is 4.68 Å². The van der Waals surface area contributed by atoms with Gasteiger partial charge in [0.25, 0.3) is 5.69 Å². The molecule has 132 valence electrons. The van der Waals surface area contributed by atoms with Crippen molar-refractivity contribution in [2.24, 2.45) is 0 Å². The zero-order chi connectivity index (χ0) is 18.7. The quantitative estimate of drug-likeness (QED) is 0.478. The minimum Gasteiger partial charge on any atom is -0.350 e. The van der Waals surface area contributed by atoms with Crippen LogP contribution in [0.4, 0.5) is 22.7 Å². The first kappa shape index (κ1) is 17.6. The molecule has 1 amide bonds. The van der Waals surface area contributed by atoms with Crippen molar-refractivity contribution in [2.75, 3.05) is 10.6 Å². The van der Waals surface area contributed by atoms with Gasteiger partial charge in [0.1, 0.15) is 5.69 Å². The number of hydrogen-bond donors (Lipinski definition) is 2.